The molecule has 8 nitrogen and oxygen atoms in total. The van der Waals surface area contributed by atoms with Crippen molar-refractivity contribution in [3.63, 3.8) is 0 Å². The van der Waals surface area contributed by atoms with E-state index >= 15 is 0 Å². The molecular weight excluding hydrogens is 274 g/mol. The average Bonchev–Trinajstić information content (AvgIpc) is 2.97. The molecule has 1 fully saturated rings. The molecule has 0 radical (unpaired) electrons. The van der Waals surface area contributed by atoms with Gasteiger partial charge < -0.3 is 9.64 Å². The number of carbonyl (C=O) groups is 1. The molecular formula is C13H13N5O3. The Labute approximate surface area is 119 Å². The van der Waals surface area contributed by atoms with Gasteiger partial charge in [0.1, 0.15) is 11.8 Å². The van der Waals surface area contributed by atoms with E-state index in [1.165, 1.54) is 18.3 Å². The molecule has 3 heterocycles. The summed E-state index contributed by atoms with van der Waals surface area (Å²) in [6.45, 7) is 1.03. The van der Waals surface area contributed by atoms with Crippen LogP contribution in [0.2, 0.25) is 0 Å². The van der Waals surface area contributed by atoms with E-state index in [4.69, 9.17) is 4.74 Å². The molecule has 1 unspecified atom stereocenters. The molecule has 0 aliphatic carbocycles. The van der Waals surface area contributed by atoms with E-state index < -0.39 is 0 Å². The Kier molecular flexibility index (Phi) is 3.59. The van der Waals surface area contributed by atoms with Crippen LogP contribution < -0.4 is 10.3 Å². The summed E-state index contributed by atoms with van der Waals surface area (Å²) in [6, 6.07) is 2.70. The van der Waals surface area contributed by atoms with E-state index in [0.29, 0.717) is 25.4 Å². The molecule has 1 N–H and O–H groups in total. The van der Waals surface area contributed by atoms with Gasteiger partial charge in [0.05, 0.1) is 12.7 Å². The maximum atomic E-state index is 12.2. The van der Waals surface area contributed by atoms with Gasteiger partial charge in [0.15, 0.2) is 0 Å². The van der Waals surface area contributed by atoms with E-state index in [1.807, 2.05) is 0 Å². The topological polar surface area (TPSA) is 101 Å². The maximum Gasteiger partial charge on any atom is 0.274 e. The summed E-state index contributed by atoms with van der Waals surface area (Å²) >= 11 is 0. The highest BCUT2D eigenvalue weighted by Crippen LogP contribution is 2.16. The molecule has 8 heteroatoms. The third kappa shape index (κ3) is 3.04. The van der Waals surface area contributed by atoms with Crippen molar-refractivity contribution in [1.29, 1.82) is 0 Å². The van der Waals surface area contributed by atoms with Crippen LogP contribution in [-0.4, -0.2) is 50.2 Å². The largest absolute Gasteiger partial charge is 0.471 e. The predicted molar refractivity (Wildman–Crippen MR) is 71.8 cm³/mol. The number of aromatic nitrogens is 4. The van der Waals surface area contributed by atoms with Gasteiger partial charge in [0.25, 0.3) is 11.5 Å². The third-order valence-electron chi connectivity index (χ3n) is 3.16. The Morgan fingerprint density at radius 1 is 1.38 bits per heavy atom. The molecule has 2 aromatic rings. The molecule has 1 amide bonds. The van der Waals surface area contributed by atoms with Crippen molar-refractivity contribution in [2.75, 3.05) is 13.1 Å². The minimum absolute atomic E-state index is 0.117. The Morgan fingerprint density at radius 3 is 3.00 bits per heavy atom. The van der Waals surface area contributed by atoms with Gasteiger partial charge in [-0.25, -0.2) is 10.1 Å². The summed E-state index contributed by atoms with van der Waals surface area (Å²) in [5.41, 5.74) is -0.119. The van der Waals surface area contributed by atoms with Crippen molar-refractivity contribution in [3.05, 3.63) is 46.8 Å². The highest BCUT2D eigenvalue weighted by atomic mass is 16.5. The molecule has 21 heavy (non-hydrogen) atoms. The van der Waals surface area contributed by atoms with E-state index in [9.17, 15) is 9.59 Å². The van der Waals surface area contributed by atoms with E-state index in [-0.39, 0.29) is 23.3 Å². The van der Waals surface area contributed by atoms with Crippen LogP contribution in [0.5, 0.6) is 5.88 Å². The van der Waals surface area contributed by atoms with Gasteiger partial charge in [0, 0.05) is 31.4 Å². The number of amides is 1. The Hall–Kier alpha value is -2.77. The fourth-order valence-electron chi connectivity index (χ4n) is 2.15. The number of ether oxygens (including phenoxy) is 1. The average molecular weight is 287 g/mol. The fourth-order valence-corrected chi connectivity index (χ4v) is 2.15. The van der Waals surface area contributed by atoms with Crippen molar-refractivity contribution >= 4 is 5.91 Å². The molecule has 0 aromatic carbocycles. The number of H-pyrrole nitrogens is 1. The molecule has 1 saturated heterocycles. The lowest BCUT2D eigenvalue weighted by atomic mass is 10.3. The van der Waals surface area contributed by atoms with Gasteiger partial charge in [-0.15, -0.1) is 0 Å². The number of hydrogen-bond acceptors (Lipinski definition) is 6. The van der Waals surface area contributed by atoms with Crippen LogP contribution in [0.25, 0.3) is 0 Å². The van der Waals surface area contributed by atoms with Crippen LogP contribution in [0, 0.1) is 0 Å². The lowest BCUT2D eigenvalue weighted by Gasteiger charge is -2.16. The Balaban J connectivity index is 1.63. The number of likely N-dealkylation sites (tertiary alicyclic amines) is 1. The zero-order valence-corrected chi connectivity index (χ0v) is 11.1. The molecule has 0 saturated carbocycles. The van der Waals surface area contributed by atoms with E-state index in [0.717, 1.165) is 0 Å². The fraction of sp³-hybridized carbons (Fsp3) is 0.308. The van der Waals surface area contributed by atoms with Gasteiger partial charge in [-0.05, 0) is 6.07 Å². The molecule has 0 spiro atoms. The van der Waals surface area contributed by atoms with Crippen molar-refractivity contribution in [1.82, 2.24) is 25.1 Å². The lowest BCUT2D eigenvalue weighted by molar-refractivity contribution is 0.0764. The summed E-state index contributed by atoms with van der Waals surface area (Å²) in [6.07, 6.45) is 5.25. The number of carbonyl (C=O) groups excluding carboxylic acids is 1. The predicted octanol–water partition coefficient (Wildman–Crippen LogP) is -0.147. The molecule has 3 rings (SSSR count). The van der Waals surface area contributed by atoms with E-state index in [1.54, 1.807) is 17.3 Å². The highest BCUT2D eigenvalue weighted by Gasteiger charge is 2.29. The van der Waals surface area contributed by atoms with Gasteiger partial charge in [-0.1, -0.05) is 0 Å². The molecule has 1 aliphatic rings. The minimum atomic E-state index is -0.336. The summed E-state index contributed by atoms with van der Waals surface area (Å²) < 4.78 is 5.66. The van der Waals surface area contributed by atoms with Crippen LogP contribution in [-0.2, 0) is 0 Å². The highest BCUT2D eigenvalue weighted by molar-refractivity contribution is 5.92. The third-order valence-corrected chi connectivity index (χ3v) is 3.16. The van der Waals surface area contributed by atoms with Crippen LogP contribution in [0.15, 0.2) is 35.5 Å². The zero-order chi connectivity index (χ0) is 14.7. The first-order valence-electron chi connectivity index (χ1n) is 6.50. The number of nitrogens with zero attached hydrogens (tertiary/aromatic N) is 4. The molecule has 2 aromatic heterocycles. The van der Waals surface area contributed by atoms with Crippen molar-refractivity contribution in [3.8, 4) is 5.88 Å². The molecule has 108 valence electrons. The number of nitrogens with one attached hydrogen (secondary N) is 1. The van der Waals surface area contributed by atoms with Crippen LogP contribution >= 0.6 is 0 Å². The lowest BCUT2D eigenvalue weighted by Crippen LogP contribution is -2.32. The van der Waals surface area contributed by atoms with Crippen molar-refractivity contribution in [2.45, 2.75) is 12.5 Å². The van der Waals surface area contributed by atoms with Crippen molar-refractivity contribution < 1.29 is 9.53 Å². The maximum absolute atomic E-state index is 12.2. The standard InChI is InChI=1S/C13H13N5O3/c19-11-2-1-10(16-17-11)13(20)18-6-3-9(8-18)21-12-7-14-4-5-15-12/h1-2,4-5,7,9H,3,6,8H2,(H,17,19). The smallest absolute Gasteiger partial charge is 0.274 e. The first kappa shape index (κ1) is 13.2. The summed E-state index contributed by atoms with van der Waals surface area (Å²) in [5, 5.41) is 5.99. The van der Waals surface area contributed by atoms with Gasteiger partial charge in [-0.2, -0.15) is 5.10 Å². The number of hydrogen-bond donors (Lipinski definition) is 1. The normalized spacial score (nSPS) is 17.7. The van der Waals surface area contributed by atoms with Gasteiger partial charge >= 0.3 is 0 Å². The van der Waals surface area contributed by atoms with Crippen LogP contribution in [0.3, 0.4) is 0 Å². The van der Waals surface area contributed by atoms with E-state index in [2.05, 4.69) is 20.2 Å². The van der Waals surface area contributed by atoms with Crippen LogP contribution in [0.4, 0.5) is 0 Å². The Morgan fingerprint density at radius 2 is 2.29 bits per heavy atom. The van der Waals surface area contributed by atoms with Crippen molar-refractivity contribution in [2.24, 2.45) is 0 Å². The second-order valence-electron chi connectivity index (χ2n) is 4.63. The van der Waals surface area contributed by atoms with Gasteiger partial charge in [0.2, 0.25) is 5.88 Å². The Bertz CT molecular complexity index is 667. The second kappa shape index (κ2) is 5.70. The summed E-state index contributed by atoms with van der Waals surface area (Å²) in [5.74, 6) is 0.218. The first-order chi connectivity index (χ1) is 10.2. The minimum Gasteiger partial charge on any atom is -0.471 e. The summed E-state index contributed by atoms with van der Waals surface area (Å²) in [4.78, 5) is 32.8. The number of rotatable bonds is 3. The van der Waals surface area contributed by atoms with Gasteiger partial charge in [-0.3, -0.25) is 14.6 Å². The second-order valence-corrected chi connectivity index (χ2v) is 4.63. The first-order valence-corrected chi connectivity index (χ1v) is 6.50. The van der Waals surface area contributed by atoms with Crippen LogP contribution in [0.1, 0.15) is 16.9 Å². The molecule has 1 aliphatic heterocycles. The summed E-state index contributed by atoms with van der Waals surface area (Å²) in [7, 11) is 0. The quantitative estimate of drug-likeness (QED) is 0.842. The molecule has 1 atom stereocenters. The SMILES string of the molecule is O=C(c1ccc(=O)[nH]n1)N1CCC(Oc2cnccn2)C1. The zero-order valence-electron chi connectivity index (χ0n) is 11.1. The number of aromatic amines is 1. The molecule has 0 bridgehead atoms. The monoisotopic (exact) mass is 287 g/mol.